The molecule has 1 aliphatic heterocycles. The van der Waals surface area contributed by atoms with Gasteiger partial charge >= 0.3 is 0 Å². The quantitative estimate of drug-likeness (QED) is 0.841. The molecule has 21 heavy (non-hydrogen) atoms. The highest BCUT2D eigenvalue weighted by molar-refractivity contribution is 5.43. The van der Waals surface area contributed by atoms with Crippen molar-refractivity contribution in [2.24, 2.45) is 5.92 Å². The molecule has 0 aliphatic carbocycles. The summed E-state index contributed by atoms with van der Waals surface area (Å²) >= 11 is 0. The van der Waals surface area contributed by atoms with E-state index in [1.807, 2.05) is 0 Å². The Kier molecular flexibility index (Phi) is 6.07. The molecule has 1 heterocycles. The highest BCUT2D eigenvalue weighted by Gasteiger charge is 2.22. The Balaban J connectivity index is 2.05. The van der Waals surface area contributed by atoms with Gasteiger partial charge in [0.25, 0.3) is 0 Å². The third-order valence-electron chi connectivity index (χ3n) is 4.67. The van der Waals surface area contributed by atoms with Gasteiger partial charge in [-0.15, -0.1) is 0 Å². The SMILES string of the molecule is CCC(CC)C(O)CNC1CCCOc2c(C)cccc21. The number of benzene rings is 1. The predicted octanol–water partition coefficient (Wildman–Crippen LogP) is 3.60. The van der Waals surface area contributed by atoms with Crippen LogP contribution < -0.4 is 10.1 Å². The largest absolute Gasteiger partial charge is 0.493 e. The molecule has 0 spiro atoms. The van der Waals surface area contributed by atoms with Gasteiger partial charge in [0.2, 0.25) is 0 Å². The van der Waals surface area contributed by atoms with Crippen LogP contribution >= 0.6 is 0 Å². The Morgan fingerprint density at radius 1 is 1.33 bits per heavy atom. The summed E-state index contributed by atoms with van der Waals surface area (Å²) in [7, 11) is 0. The van der Waals surface area contributed by atoms with Gasteiger partial charge in [-0.25, -0.2) is 0 Å². The predicted molar refractivity (Wildman–Crippen MR) is 86.7 cm³/mol. The Bertz CT molecular complexity index is 443. The molecule has 118 valence electrons. The summed E-state index contributed by atoms with van der Waals surface area (Å²) in [5, 5.41) is 13.9. The molecule has 0 saturated carbocycles. The minimum Gasteiger partial charge on any atom is -0.493 e. The maximum absolute atomic E-state index is 10.3. The summed E-state index contributed by atoms with van der Waals surface area (Å²) < 4.78 is 5.90. The van der Waals surface area contributed by atoms with E-state index in [0.29, 0.717) is 12.5 Å². The van der Waals surface area contributed by atoms with E-state index in [-0.39, 0.29) is 12.1 Å². The van der Waals surface area contributed by atoms with E-state index < -0.39 is 0 Å². The minimum atomic E-state index is -0.266. The van der Waals surface area contributed by atoms with Crippen molar-refractivity contribution in [2.45, 2.75) is 58.6 Å². The Morgan fingerprint density at radius 2 is 2.10 bits per heavy atom. The lowest BCUT2D eigenvalue weighted by Gasteiger charge is -2.25. The topological polar surface area (TPSA) is 41.5 Å². The second-order valence-corrected chi connectivity index (χ2v) is 6.09. The zero-order valence-corrected chi connectivity index (χ0v) is 13.6. The second-order valence-electron chi connectivity index (χ2n) is 6.09. The molecule has 0 amide bonds. The van der Waals surface area contributed by atoms with E-state index in [4.69, 9.17) is 4.74 Å². The summed E-state index contributed by atoms with van der Waals surface area (Å²) in [5.74, 6) is 1.42. The van der Waals surface area contributed by atoms with E-state index in [9.17, 15) is 5.11 Å². The third-order valence-corrected chi connectivity index (χ3v) is 4.67. The molecular weight excluding hydrogens is 262 g/mol. The first-order valence-electron chi connectivity index (χ1n) is 8.31. The number of hydrogen-bond donors (Lipinski definition) is 2. The molecule has 2 N–H and O–H groups in total. The summed E-state index contributed by atoms with van der Waals surface area (Å²) in [5.41, 5.74) is 2.44. The van der Waals surface area contributed by atoms with Gasteiger partial charge in [0.05, 0.1) is 12.7 Å². The number of para-hydroxylation sites is 1. The van der Waals surface area contributed by atoms with Crippen molar-refractivity contribution in [2.75, 3.05) is 13.2 Å². The zero-order valence-electron chi connectivity index (χ0n) is 13.6. The first-order chi connectivity index (χ1) is 10.2. The third kappa shape index (κ3) is 3.98. The monoisotopic (exact) mass is 291 g/mol. The van der Waals surface area contributed by atoms with Crippen LogP contribution in [0, 0.1) is 12.8 Å². The van der Waals surface area contributed by atoms with E-state index >= 15 is 0 Å². The number of aryl methyl sites for hydroxylation is 1. The zero-order chi connectivity index (χ0) is 15.2. The maximum Gasteiger partial charge on any atom is 0.126 e. The fourth-order valence-corrected chi connectivity index (χ4v) is 3.24. The first kappa shape index (κ1) is 16.3. The lowest BCUT2D eigenvalue weighted by atomic mass is 9.95. The van der Waals surface area contributed by atoms with E-state index in [2.05, 4.69) is 44.3 Å². The average molecular weight is 291 g/mol. The smallest absolute Gasteiger partial charge is 0.126 e. The standard InChI is InChI=1S/C18H29NO2/c1-4-14(5-2)17(20)12-19-16-10-7-11-21-18-13(3)8-6-9-15(16)18/h6,8-9,14,16-17,19-20H,4-5,7,10-12H2,1-3H3. The molecule has 0 radical (unpaired) electrons. The van der Waals surface area contributed by atoms with Gasteiger partial charge < -0.3 is 15.2 Å². The van der Waals surface area contributed by atoms with Crippen LogP contribution in [0.25, 0.3) is 0 Å². The van der Waals surface area contributed by atoms with Crippen molar-refractivity contribution in [3.63, 3.8) is 0 Å². The highest BCUT2D eigenvalue weighted by atomic mass is 16.5. The van der Waals surface area contributed by atoms with Gasteiger partial charge in [0.15, 0.2) is 0 Å². The second kappa shape index (κ2) is 7.81. The maximum atomic E-state index is 10.3. The summed E-state index contributed by atoms with van der Waals surface area (Å²) in [6.45, 7) is 7.83. The Labute approximate surface area is 128 Å². The van der Waals surface area contributed by atoms with Crippen LogP contribution in [0.4, 0.5) is 0 Å². The fourth-order valence-electron chi connectivity index (χ4n) is 3.24. The van der Waals surface area contributed by atoms with Crippen LogP contribution in [-0.2, 0) is 0 Å². The van der Waals surface area contributed by atoms with Crippen molar-refractivity contribution in [1.29, 1.82) is 0 Å². The number of aliphatic hydroxyl groups is 1. The molecule has 0 fully saturated rings. The van der Waals surface area contributed by atoms with Crippen molar-refractivity contribution < 1.29 is 9.84 Å². The molecule has 0 saturated heterocycles. The van der Waals surface area contributed by atoms with Crippen molar-refractivity contribution in [3.8, 4) is 5.75 Å². The summed E-state index contributed by atoms with van der Waals surface area (Å²) in [4.78, 5) is 0. The molecule has 2 atom stereocenters. The summed E-state index contributed by atoms with van der Waals surface area (Å²) in [6, 6.07) is 6.62. The van der Waals surface area contributed by atoms with Crippen LogP contribution in [0.5, 0.6) is 5.75 Å². The van der Waals surface area contributed by atoms with Gasteiger partial charge in [-0.05, 0) is 31.2 Å². The van der Waals surface area contributed by atoms with Crippen LogP contribution in [0.1, 0.15) is 56.7 Å². The number of rotatable bonds is 6. The van der Waals surface area contributed by atoms with Gasteiger partial charge in [-0.1, -0.05) is 44.9 Å². The number of nitrogens with one attached hydrogen (secondary N) is 1. The summed E-state index contributed by atoms with van der Waals surface area (Å²) in [6.07, 6.45) is 3.90. The average Bonchev–Trinajstić information content (AvgIpc) is 2.70. The van der Waals surface area contributed by atoms with Crippen molar-refractivity contribution in [3.05, 3.63) is 29.3 Å². The molecule has 1 aromatic carbocycles. The van der Waals surface area contributed by atoms with E-state index in [1.165, 1.54) is 11.1 Å². The van der Waals surface area contributed by atoms with Gasteiger partial charge in [0, 0.05) is 18.2 Å². The number of aliphatic hydroxyl groups excluding tert-OH is 1. The number of ether oxygens (including phenoxy) is 1. The normalized spacial score (nSPS) is 19.8. The minimum absolute atomic E-state index is 0.266. The van der Waals surface area contributed by atoms with Gasteiger partial charge in [-0.2, -0.15) is 0 Å². The molecule has 0 bridgehead atoms. The van der Waals surface area contributed by atoms with E-state index in [0.717, 1.165) is 38.0 Å². The fraction of sp³-hybridized carbons (Fsp3) is 0.667. The van der Waals surface area contributed by atoms with Gasteiger partial charge in [-0.3, -0.25) is 0 Å². The van der Waals surface area contributed by atoms with Crippen molar-refractivity contribution >= 4 is 0 Å². The Hall–Kier alpha value is -1.06. The van der Waals surface area contributed by atoms with Crippen LogP contribution in [0.2, 0.25) is 0 Å². The molecule has 3 nitrogen and oxygen atoms in total. The number of fused-ring (bicyclic) bond motifs is 1. The molecule has 0 aromatic heterocycles. The van der Waals surface area contributed by atoms with Gasteiger partial charge in [0.1, 0.15) is 5.75 Å². The van der Waals surface area contributed by atoms with Crippen LogP contribution in [-0.4, -0.2) is 24.4 Å². The Morgan fingerprint density at radius 3 is 2.81 bits per heavy atom. The molecule has 2 unspecified atom stereocenters. The lowest BCUT2D eigenvalue weighted by molar-refractivity contribution is 0.0979. The van der Waals surface area contributed by atoms with Crippen LogP contribution in [0.15, 0.2) is 18.2 Å². The molecule has 1 aliphatic rings. The molecule has 3 heteroatoms. The lowest BCUT2D eigenvalue weighted by Crippen LogP contribution is -2.34. The molecule has 1 aromatic rings. The highest BCUT2D eigenvalue weighted by Crippen LogP contribution is 2.34. The van der Waals surface area contributed by atoms with Crippen molar-refractivity contribution in [1.82, 2.24) is 5.32 Å². The first-order valence-corrected chi connectivity index (χ1v) is 8.31. The molecule has 2 rings (SSSR count). The van der Waals surface area contributed by atoms with E-state index in [1.54, 1.807) is 0 Å². The van der Waals surface area contributed by atoms with Crippen LogP contribution in [0.3, 0.4) is 0 Å². The molecular formula is C18H29NO2. The number of hydrogen-bond acceptors (Lipinski definition) is 3.